The van der Waals surface area contributed by atoms with Gasteiger partial charge in [0.1, 0.15) is 5.75 Å². The zero-order valence-corrected chi connectivity index (χ0v) is 13.2. The van der Waals surface area contributed by atoms with Gasteiger partial charge in [0.05, 0.1) is 13.2 Å². The molecule has 1 heterocycles. The first-order chi connectivity index (χ1) is 10.5. The molecule has 118 valence electrons. The van der Waals surface area contributed by atoms with Gasteiger partial charge in [0, 0.05) is 26.0 Å². The van der Waals surface area contributed by atoms with Gasteiger partial charge < -0.3 is 19.3 Å². The number of aryl methyl sites for hydroxylation is 1. The largest absolute Gasteiger partial charge is 0.481 e. The average molecular weight is 302 g/mol. The normalized spacial score (nSPS) is 12.0. The first kappa shape index (κ1) is 16.1. The van der Waals surface area contributed by atoms with Gasteiger partial charge in [-0.15, -0.1) is 0 Å². The van der Waals surface area contributed by atoms with E-state index in [9.17, 15) is 4.79 Å². The van der Waals surface area contributed by atoms with E-state index in [-0.39, 0.29) is 12.5 Å². The van der Waals surface area contributed by atoms with Gasteiger partial charge in [-0.05, 0) is 36.8 Å². The number of hydrogen-bond acceptors (Lipinski definition) is 3. The average Bonchev–Trinajstić information content (AvgIpc) is 2.91. The van der Waals surface area contributed by atoms with Crippen LogP contribution < -0.4 is 4.74 Å². The highest BCUT2D eigenvalue weighted by molar-refractivity contribution is 5.80. The third kappa shape index (κ3) is 3.89. The Hall–Kier alpha value is -2.27. The lowest BCUT2D eigenvalue weighted by atomic mass is 10.2. The summed E-state index contributed by atoms with van der Waals surface area (Å²) in [5.41, 5.74) is 1.82. The van der Waals surface area contributed by atoms with Crippen LogP contribution in [0.5, 0.6) is 5.75 Å². The Labute approximate surface area is 130 Å². The topological polar surface area (TPSA) is 54.7 Å². The molecule has 1 unspecified atom stereocenters. The Morgan fingerprint density at radius 1 is 1.36 bits per heavy atom. The Morgan fingerprint density at radius 3 is 2.77 bits per heavy atom. The van der Waals surface area contributed by atoms with Gasteiger partial charge in [-0.3, -0.25) is 4.79 Å². The van der Waals surface area contributed by atoms with E-state index >= 15 is 0 Å². The van der Waals surface area contributed by atoms with Crippen LogP contribution in [-0.4, -0.2) is 33.6 Å². The smallest absolute Gasteiger partial charge is 0.263 e. The molecule has 0 saturated heterocycles. The van der Waals surface area contributed by atoms with Crippen LogP contribution in [-0.2, 0) is 25.0 Å². The molecule has 5 heteroatoms. The first-order valence-electron chi connectivity index (χ1n) is 7.23. The third-order valence-corrected chi connectivity index (χ3v) is 3.57. The minimum atomic E-state index is -0.584. The molecule has 2 rings (SSSR count). The summed E-state index contributed by atoms with van der Waals surface area (Å²) in [5, 5.41) is 9.13. The van der Waals surface area contributed by atoms with Crippen molar-refractivity contribution in [2.45, 2.75) is 26.2 Å². The number of aliphatic hydroxyl groups is 1. The lowest BCUT2D eigenvalue weighted by Gasteiger charge is -2.22. The Kier molecular flexibility index (Phi) is 5.22. The van der Waals surface area contributed by atoms with E-state index in [2.05, 4.69) is 0 Å². The van der Waals surface area contributed by atoms with Crippen LogP contribution >= 0.6 is 0 Å². The first-order valence-corrected chi connectivity index (χ1v) is 7.23. The molecule has 0 aliphatic carbocycles. The summed E-state index contributed by atoms with van der Waals surface area (Å²) in [6, 6.07) is 11.1. The van der Waals surface area contributed by atoms with Crippen molar-refractivity contribution < 1.29 is 14.6 Å². The minimum Gasteiger partial charge on any atom is -0.481 e. The maximum absolute atomic E-state index is 12.4. The highest BCUT2D eigenvalue weighted by Gasteiger charge is 2.20. The molecule has 0 spiro atoms. The van der Waals surface area contributed by atoms with E-state index in [1.54, 1.807) is 43.1 Å². The van der Waals surface area contributed by atoms with Crippen molar-refractivity contribution in [3.05, 3.63) is 53.9 Å². The number of benzene rings is 1. The molecule has 0 radical (unpaired) electrons. The molecule has 5 nitrogen and oxygen atoms in total. The molecule has 1 aromatic carbocycles. The second-order valence-corrected chi connectivity index (χ2v) is 5.37. The number of ether oxygens (including phenoxy) is 1. The Morgan fingerprint density at radius 2 is 2.14 bits per heavy atom. The number of carbonyl (C=O) groups is 1. The zero-order valence-electron chi connectivity index (χ0n) is 13.2. The van der Waals surface area contributed by atoms with E-state index in [0.717, 1.165) is 11.3 Å². The Balaban J connectivity index is 1.97. The molecule has 0 saturated carbocycles. The molecular weight excluding hydrogens is 280 g/mol. The molecule has 0 aliphatic rings. The maximum Gasteiger partial charge on any atom is 0.263 e. The van der Waals surface area contributed by atoms with Gasteiger partial charge >= 0.3 is 0 Å². The summed E-state index contributed by atoms with van der Waals surface area (Å²) in [6.45, 7) is 2.22. The van der Waals surface area contributed by atoms with Crippen molar-refractivity contribution in [1.82, 2.24) is 9.47 Å². The van der Waals surface area contributed by atoms with Crippen molar-refractivity contribution in [1.29, 1.82) is 0 Å². The summed E-state index contributed by atoms with van der Waals surface area (Å²) in [5.74, 6) is 0.496. The number of rotatable bonds is 6. The lowest BCUT2D eigenvalue weighted by molar-refractivity contribution is -0.137. The molecule has 0 aliphatic heterocycles. The molecule has 1 amide bonds. The summed E-state index contributed by atoms with van der Waals surface area (Å²) >= 11 is 0. The number of likely N-dealkylation sites (N-methyl/N-ethyl adjacent to an activating group) is 1. The van der Waals surface area contributed by atoms with Crippen LogP contribution in [0.3, 0.4) is 0 Å². The predicted molar refractivity (Wildman–Crippen MR) is 84.3 cm³/mol. The number of carbonyl (C=O) groups excluding carboxylic acids is 1. The fraction of sp³-hybridized carbons (Fsp3) is 0.353. The van der Waals surface area contributed by atoms with E-state index in [4.69, 9.17) is 9.84 Å². The highest BCUT2D eigenvalue weighted by atomic mass is 16.5. The number of nitrogens with zero attached hydrogens (tertiary/aromatic N) is 2. The maximum atomic E-state index is 12.4. The Bertz CT molecular complexity index is 636. The van der Waals surface area contributed by atoms with Crippen LogP contribution in [0, 0.1) is 0 Å². The van der Waals surface area contributed by atoms with Gasteiger partial charge in [0.15, 0.2) is 6.10 Å². The van der Waals surface area contributed by atoms with Gasteiger partial charge in [-0.25, -0.2) is 0 Å². The predicted octanol–water partition coefficient (Wildman–Crippen LogP) is 1.94. The molecule has 1 N–H and O–H groups in total. The van der Waals surface area contributed by atoms with Crippen molar-refractivity contribution in [3.8, 4) is 5.75 Å². The molecule has 1 aromatic heterocycles. The SMILES string of the molecule is CC(Oc1cccc(CO)c1)C(=O)N(C)Cc1cccn1C. The van der Waals surface area contributed by atoms with Crippen molar-refractivity contribution in [2.24, 2.45) is 7.05 Å². The van der Waals surface area contributed by atoms with Crippen molar-refractivity contribution in [3.63, 3.8) is 0 Å². The van der Waals surface area contributed by atoms with Crippen LogP contribution in [0.4, 0.5) is 0 Å². The summed E-state index contributed by atoms with van der Waals surface area (Å²) in [4.78, 5) is 14.0. The summed E-state index contributed by atoms with van der Waals surface area (Å²) < 4.78 is 7.67. The monoisotopic (exact) mass is 302 g/mol. The molecule has 22 heavy (non-hydrogen) atoms. The zero-order chi connectivity index (χ0) is 16.1. The fourth-order valence-electron chi connectivity index (χ4n) is 2.26. The second kappa shape index (κ2) is 7.13. The number of aliphatic hydroxyl groups excluding tert-OH is 1. The second-order valence-electron chi connectivity index (χ2n) is 5.37. The van der Waals surface area contributed by atoms with E-state index in [0.29, 0.717) is 12.3 Å². The molecule has 0 bridgehead atoms. The molecular formula is C17H22N2O3. The van der Waals surface area contributed by atoms with Crippen molar-refractivity contribution >= 4 is 5.91 Å². The summed E-state index contributed by atoms with van der Waals surface area (Å²) in [7, 11) is 3.72. The van der Waals surface area contributed by atoms with Gasteiger partial charge in [0.25, 0.3) is 5.91 Å². The number of hydrogen-bond donors (Lipinski definition) is 1. The third-order valence-electron chi connectivity index (χ3n) is 3.57. The lowest BCUT2D eigenvalue weighted by Crippen LogP contribution is -2.37. The van der Waals surface area contributed by atoms with E-state index in [1.807, 2.05) is 29.9 Å². The van der Waals surface area contributed by atoms with Crippen molar-refractivity contribution in [2.75, 3.05) is 7.05 Å². The highest BCUT2D eigenvalue weighted by Crippen LogP contribution is 2.16. The minimum absolute atomic E-state index is 0.0487. The van der Waals surface area contributed by atoms with Crippen LogP contribution in [0.2, 0.25) is 0 Å². The summed E-state index contributed by atoms with van der Waals surface area (Å²) in [6.07, 6.45) is 1.37. The molecule has 1 atom stereocenters. The number of aromatic nitrogens is 1. The molecule has 2 aromatic rings. The van der Waals surface area contributed by atoms with E-state index in [1.165, 1.54) is 0 Å². The van der Waals surface area contributed by atoms with Crippen LogP contribution in [0.25, 0.3) is 0 Å². The fourth-order valence-corrected chi connectivity index (χ4v) is 2.26. The van der Waals surface area contributed by atoms with E-state index < -0.39 is 6.10 Å². The van der Waals surface area contributed by atoms with Crippen LogP contribution in [0.1, 0.15) is 18.2 Å². The van der Waals surface area contributed by atoms with Gasteiger partial charge in [-0.2, -0.15) is 0 Å². The number of amides is 1. The van der Waals surface area contributed by atoms with Gasteiger partial charge in [0.2, 0.25) is 0 Å². The van der Waals surface area contributed by atoms with Gasteiger partial charge in [-0.1, -0.05) is 12.1 Å². The standard InChI is InChI=1S/C17H22N2O3/c1-13(22-16-8-4-6-14(10-16)12-20)17(21)19(3)11-15-7-5-9-18(15)2/h4-10,13,20H,11-12H2,1-3H3. The van der Waals surface area contributed by atoms with Crippen LogP contribution in [0.15, 0.2) is 42.6 Å². The quantitative estimate of drug-likeness (QED) is 0.887. The molecule has 0 fully saturated rings.